The first-order chi connectivity index (χ1) is 13.5. The highest BCUT2D eigenvalue weighted by atomic mass is 31.2. The summed E-state index contributed by atoms with van der Waals surface area (Å²) >= 11 is 0. The maximum atomic E-state index is 13.9. The number of rotatable bonds is 7. The smallest absolute Gasteiger partial charge is 0.310 e. The highest BCUT2D eigenvalue weighted by molar-refractivity contribution is 7.67. The van der Waals surface area contributed by atoms with Crippen LogP contribution in [0.25, 0.3) is 11.1 Å². The molecule has 148 valence electrons. The molecule has 28 heavy (non-hydrogen) atoms. The largest absolute Gasteiger partial charge is 0.466 e. The van der Waals surface area contributed by atoms with Gasteiger partial charge in [0.05, 0.1) is 37.0 Å². The minimum Gasteiger partial charge on any atom is -0.466 e. The number of para-hydroxylation sites is 1. The van der Waals surface area contributed by atoms with Crippen molar-refractivity contribution >= 4 is 24.6 Å². The lowest BCUT2D eigenvalue weighted by Gasteiger charge is -2.30. The second-order valence-electron chi connectivity index (χ2n) is 6.42. The minimum atomic E-state index is -3.45. The van der Waals surface area contributed by atoms with Crippen LogP contribution >= 0.6 is 7.37 Å². The fraction of sp³-hybridized carbons (Fsp3) is 0.333. The first-order valence-corrected chi connectivity index (χ1v) is 11.1. The van der Waals surface area contributed by atoms with Crippen molar-refractivity contribution in [2.75, 3.05) is 19.4 Å². The maximum absolute atomic E-state index is 13.9. The van der Waals surface area contributed by atoms with Gasteiger partial charge in [-0.25, -0.2) is 0 Å². The van der Waals surface area contributed by atoms with E-state index in [1.165, 1.54) is 0 Å². The van der Waals surface area contributed by atoms with Crippen LogP contribution in [0.1, 0.15) is 20.3 Å². The number of esters is 2. The van der Waals surface area contributed by atoms with Gasteiger partial charge in [0.1, 0.15) is 5.75 Å². The van der Waals surface area contributed by atoms with Crippen molar-refractivity contribution in [2.45, 2.75) is 20.3 Å². The molecule has 0 saturated carbocycles. The molecule has 0 fully saturated rings. The first-order valence-electron chi connectivity index (χ1n) is 9.28. The van der Waals surface area contributed by atoms with Crippen LogP contribution < -0.4 is 9.83 Å². The molecule has 2 atom stereocenters. The lowest BCUT2D eigenvalue weighted by molar-refractivity contribution is -0.153. The topological polar surface area (TPSA) is 78.9 Å². The lowest BCUT2D eigenvalue weighted by Crippen LogP contribution is -2.30. The van der Waals surface area contributed by atoms with Crippen LogP contribution in [-0.4, -0.2) is 31.3 Å². The average Bonchev–Trinajstić information content (AvgIpc) is 2.68. The summed E-state index contributed by atoms with van der Waals surface area (Å²) in [5.41, 5.74) is 1.66. The molecule has 0 amide bonds. The van der Waals surface area contributed by atoms with Crippen molar-refractivity contribution in [3.05, 3.63) is 48.5 Å². The van der Waals surface area contributed by atoms with Gasteiger partial charge in [-0.05, 0) is 31.5 Å². The van der Waals surface area contributed by atoms with E-state index in [0.717, 1.165) is 11.1 Å². The zero-order valence-electron chi connectivity index (χ0n) is 15.9. The van der Waals surface area contributed by atoms with Crippen LogP contribution in [0.5, 0.6) is 5.75 Å². The van der Waals surface area contributed by atoms with Crippen molar-refractivity contribution in [3.8, 4) is 16.9 Å². The second-order valence-corrected chi connectivity index (χ2v) is 8.80. The van der Waals surface area contributed by atoms with Gasteiger partial charge in [-0.3, -0.25) is 14.2 Å². The van der Waals surface area contributed by atoms with Gasteiger partial charge >= 0.3 is 11.9 Å². The van der Waals surface area contributed by atoms with Crippen LogP contribution in [-0.2, 0) is 23.6 Å². The summed E-state index contributed by atoms with van der Waals surface area (Å²) in [6, 6.07) is 14.6. The van der Waals surface area contributed by atoms with E-state index in [0.29, 0.717) is 11.1 Å². The number of fused-ring (bicyclic) bond motifs is 3. The molecule has 1 aliphatic rings. The van der Waals surface area contributed by atoms with E-state index in [1.807, 2.05) is 24.3 Å². The quantitative estimate of drug-likeness (QED) is 0.518. The molecule has 6 nitrogen and oxygen atoms in total. The van der Waals surface area contributed by atoms with E-state index in [9.17, 15) is 14.2 Å². The predicted molar refractivity (Wildman–Crippen MR) is 106 cm³/mol. The zero-order chi connectivity index (χ0) is 20.1. The molecule has 2 unspecified atom stereocenters. The average molecular weight is 402 g/mol. The lowest BCUT2D eigenvalue weighted by atomic mass is 10.0. The summed E-state index contributed by atoms with van der Waals surface area (Å²) in [6.45, 7) is 3.75. The number of hydrogen-bond acceptors (Lipinski definition) is 6. The molecule has 0 aromatic heterocycles. The monoisotopic (exact) mass is 402 g/mol. The van der Waals surface area contributed by atoms with E-state index in [4.69, 9.17) is 14.0 Å². The van der Waals surface area contributed by atoms with Crippen LogP contribution in [0.4, 0.5) is 0 Å². The Hall–Kier alpha value is -2.59. The number of carbonyl (C=O) groups excluding carboxylic acids is 2. The molecule has 0 aliphatic carbocycles. The predicted octanol–water partition coefficient (Wildman–Crippen LogP) is 3.78. The molecule has 1 aliphatic heterocycles. The fourth-order valence-corrected chi connectivity index (χ4v) is 5.88. The Morgan fingerprint density at radius 2 is 1.61 bits per heavy atom. The van der Waals surface area contributed by atoms with E-state index >= 15 is 0 Å². The molecule has 0 saturated heterocycles. The van der Waals surface area contributed by atoms with Gasteiger partial charge in [0, 0.05) is 5.56 Å². The summed E-state index contributed by atoms with van der Waals surface area (Å²) in [7, 11) is -3.45. The number of carbonyl (C=O) groups is 2. The van der Waals surface area contributed by atoms with E-state index in [2.05, 4.69) is 0 Å². The van der Waals surface area contributed by atoms with Gasteiger partial charge < -0.3 is 14.0 Å². The van der Waals surface area contributed by atoms with Crippen LogP contribution in [0.2, 0.25) is 0 Å². The maximum Gasteiger partial charge on any atom is 0.310 e. The van der Waals surface area contributed by atoms with Gasteiger partial charge in [0.2, 0.25) is 0 Å². The van der Waals surface area contributed by atoms with Crippen LogP contribution in [0.15, 0.2) is 48.5 Å². The second kappa shape index (κ2) is 8.61. The van der Waals surface area contributed by atoms with Gasteiger partial charge in [0.15, 0.2) is 0 Å². The van der Waals surface area contributed by atoms with Gasteiger partial charge in [-0.15, -0.1) is 0 Å². The van der Waals surface area contributed by atoms with Crippen LogP contribution in [0.3, 0.4) is 0 Å². The Kier molecular flexibility index (Phi) is 6.20. The Morgan fingerprint density at radius 3 is 2.32 bits per heavy atom. The molecule has 3 rings (SSSR count). The third-order valence-electron chi connectivity index (χ3n) is 4.49. The van der Waals surface area contributed by atoms with Gasteiger partial charge in [-0.1, -0.05) is 36.4 Å². The molecule has 2 aromatic rings. The summed E-state index contributed by atoms with van der Waals surface area (Å²) < 4.78 is 29.9. The molecule has 1 heterocycles. The summed E-state index contributed by atoms with van der Waals surface area (Å²) in [5.74, 6) is -1.52. The van der Waals surface area contributed by atoms with Crippen molar-refractivity contribution in [1.82, 2.24) is 0 Å². The molecule has 0 spiro atoms. The summed E-state index contributed by atoms with van der Waals surface area (Å²) in [5, 5.41) is 0.548. The Morgan fingerprint density at radius 1 is 0.964 bits per heavy atom. The number of hydrogen-bond donors (Lipinski definition) is 0. The standard InChI is InChI=1S/C21H23O6P/c1-3-25-20(22)13-15(21(23)26-4-2)14-28(24)19-12-8-6-10-17(19)16-9-5-7-11-18(16)27-28/h5-12,15H,3-4,13-14H2,1-2H3. The Bertz CT molecular complexity index is 923. The molecular weight excluding hydrogens is 379 g/mol. The van der Waals surface area contributed by atoms with Crippen molar-refractivity contribution in [1.29, 1.82) is 0 Å². The van der Waals surface area contributed by atoms with Gasteiger partial charge in [0.25, 0.3) is 7.37 Å². The van der Waals surface area contributed by atoms with Crippen molar-refractivity contribution in [2.24, 2.45) is 5.92 Å². The first kappa shape index (κ1) is 20.2. The molecule has 7 heteroatoms. The third kappa shape index (κ3) is 4.12. The van der Waals surface area contributed by atoms with Gasteiger partial charge in [-0.2, -0.15) is 0 Å². The fourth-order valence-electron chi connectivity index (χ4n) is 3.30. The van der Waals surface area contributed by atoms with E-state index in [1.54, 1.807) is 38.1 Å². The molecule has 0 bridgehead atoms. The summed E-state index contributed by atoms with van der Waals surface area (Å²) in [6.07, 6.45) is -0.333. The normalized spacial score (nSPS) is 18.2. The Balaban J connectivity index is 1.97. The SMILES string of the molecule is CCOC(=O)CC(CP1(=O)Oc2ccccc2-c2ccccc21)C(=O)OCC. The zero-order valence-corrected chi connectivity index (χ0v) is 16.8. The minimum absolute atomic E-state index is 0.129. The number of ether oxygens (including phenoxy) is 2. The molecule has 0 radical (unpaired) electrons. The highest BCUT2D eigenvalue weighted by Crippen LogP contribution is 2.55. The molecular formula is C21H23O6P. The van der Waals surface area contributed by atoms with Crippen LogP contribution in [0, 0.1) is 5.92 Å². The molecule has 2 aromatic carbocycles. The van der Waals surface area contributed by atoms with Crippen molar-refractivity contribution in [3.63, 3.8) is 0 Å². The summed E-state index contributed by atoms with van der Waals surface area (Å²) in [4.78, 5) is 24.4. The van der Waals surface area contributed by atoms with E-state index in [-0.39, 0.29) is 25.8 Å². The third-order valence-corrected chi connectivity index (χ3v) is 7.03. The number of benzene rings is 2. The highest BCUT2D eigenvalue weighted by Gasteiger charge is 2.41. The van der Waals surface area contributed by atoms with E-state index < -0.39 is 25.2 Å². The Labute approximate surface area is 164 Å². The van der Waals surface area contributed by atoms with Crippen molar-refractivity contribution < 1.29 is 28.2 Å². The molecule has 0 N–H and O–H groups in total.